The molecule has 0 saturated heterocycles. The average Bonchev–Trinajstić information content (AvgIpc) is 3.36. The molecule has 3 rings (SSSR count). The molecule has 1 heterocycles. The molecule has 1 fully saturated rings. The van der Waals surface area contributed by atoms with Crippen LogP contribution in [0.1, 0.15) is 32.7 Å². The quantitative estimate of drug-likeness (QED) is 0.767. The van der Waals surface area contributed by atoms with Crippen molar-refractivity contribution >= 4 is 11.7 Å². The van der Waals surface area contributed by atoms with Crippen LogP contribution in [0.3, 0.4) is 0 Å². The lowest BCUT2D eigenvalue weighted by molar-refractivity contribution is 0.248. The minimum absolute atomic E-state index is 0.192. The van der Waals surface area contributed by atoms with Gasteiger partial charge in [0, 0.05) is 24.3 Å². The van der Waals surface area contributed by atoms with Crippen molar-refractivity contribution in [2.45, 2.75) is 32.7 Å². The summed E-state index contributed by atoms with van der Waals surface area (Å²) in [5.41, 5.74) is 1.69. The van der Waals surface area contributed by atoms with E-state index in [1.807, 2.05) is 28.9 Å². The Hall–Kier alpha value is -2.48. The van der Waals surface area contributed by atoms with E-state index in [0.717, 1.165) is 49.6 Å². The van der Waals surface area contributed by atoms with Gasteiger partial charge in [-0.05, 0) is 60.6 Å². The van der Waals surface area contributed by atoms with E-state index in [4.69, 9.17) is 0 Å². The van der Waals surface area contributed by atoms with Gasteiger partial charge in [-0.25, -0.2) is 9.48 Å². The average molecular weight is 343 g/mol. The maximum atomic E-state index is 12.0. The molecule has 0 bridgehead atoms. The Morgan fingerprint density at radius 2 is 1.96 bits per heavy atom. The summed E-state index contributed by atoms with van der Waals surface area (Å²) in [5.74, 6) is 0.776. The Labute approximate surface area is 147 Å². The summed E-state index contributed by atoms with van der Waals surface area (Å²) in [6.45, 7) is 7.68. The lowest BCUT2D eigenvalue weighted by Crippen LogP contribution is -2.36. The van der Waals surface area contributed by atoms with Crippen LogP contribution >= 0.6 is 0 Å². The molecule has 1 aliphatic carbocycles. The summed E-state index contributed by atoms with van der Waals surface area (Å²) in [5, 5.41) is 17.7. The molecule has 0 aliphatic heterocycles. The van der Waals surface area contributed by atoms with Crippen LogP contribution in [-0.4, -0.2) is 57.3 Å². The molecule has 8 nitrogen and oxygen atoms in total. The number of hydrogen-bond acceptors (Lipinski definition) is 5. The first-order chi connectivity index (χ1) is 12.2. The fourth-order valence-electron chi connectivity index (χ4n) is 2.69. The van der Waals surface area contributed by atoms with Gasteiger partial charge in [-0.2, -0.15) is 0 Å². The molecular formula is C17H25N7O. The largest absolute Gasteiger partial charge is 0.337 e. The van der Waals surface area contributed by atoms with Crippen molar-refractivity contribution in [3.05, 3.63) is 24.3 Å². The van der Waals surface area contributed by atoms with Gasteiger partial charge in [-0.15, -0.1) is 5.10 Å². The predicted octanol–water partition coefficient (Wildman–Crippen LogP) is 2.14. The van der Waals surface area contributed by atoms with Gasteiger partial charge in [0.05, 0.1) is 6.04 Å². The van der Waals surface area contributed by atoms with Crippen LogP contribution in [0, 0.1) is 0 Å². The molecule has 1 aromatic heterocycles. The zero-order chi connectivity index (χ0) is 17.6. The fourth-order valence-corrected chi connectivity index (χ4v) is 2.69. The van der Waals surface area contributed by atoms with Gasteiger partial charge in [0.2, 0.25) is 0 Å². The van der Waals surface area contributed by atoms with Crippen LogP contribution in [0.4, 0.5) is 10.5 Å². The van der Waals surface area contributed by atoms with Gasteiger partial charge in [-0.3, -0.25) is 0 Å². The first-order valence-corrected chi connectivity index (χ1v) is 8.86. The Balaban J connectivity index is 1.52. The summed E-state index contributed by atoms with van der Waals surface area (Å²) >= 11 is 0. The third-order valence-corrected chi connectivity index (χ3v) is 4.39. The molecule has 0 atom stereocenters. The minimum atomic E-state index is -0.192. The molecule has 1 aromatic carbocycles. The standard InChI is InChI=1S/C17H25N7O/c1-3-23(4-2)12-11-18-17(25)19-14-7-5-13(6-8-14)16-20-21-22-24(16)15-9-10-15/h5-8,15H,3-4,9-12H2,1-2H3,(H2,18,19,25). The third kappa shape index (κ3) is 4.54. The first-order valence-electron chi connectivity index (χ1n) is 8.86. The zero-order valence-corrected chi connectivity index (χ0v) is 14.8. The third-order valence-electron chi connectivity index (χ3n) is 4.39. The maximum Gasteiger partial charge on any atom is 0.319 e. The molecule has 2 N–H and O–H groups in total. The number of nitrogens with one attached hydrogen (secondary N) is 2. The van der Waals surface area contributed by atoms with Gasteiger partial charge in [-0.1, -0.05) is 13.8 Å². The number of nitrogens with zero attached hydrogens (tertiary/aromatic N) is 5. The highest BCUT2D eigenvalue weighted by Gasteiger charge is 2.28. The van der Waals surface area contributed by atoms with Crippen molar-refractivity contribution in [1.29, 1.82) is 0 Å². The molecule has 134 valence electrons. The number of carbonyl (C=O) groups excluding carboxylic acids is 1. The molecule has 0 unspecified atom stereocenters. The summed E-state index contributed by atoms with van der Waals surface area (Å²) in [6.07, 6.45) is 2.26. The number of carbonyl (C=O) groups is 1. The minimum Gasteiger partial charge on any atom is -0.337 e. The van der Waals surface area contributed by atoms with Gasteiger partial charge in [0.15, 0.2) is 5.82 Å². The number of anilines is 1. The highest BCUT2D eigenvalue weighted by Crippen LogP contribution is 2.36. The SMILES string of the molecule is CCN(CC)CCNC(=O)Nc1ccc(-c2nnnn2C2CC2)cc1. The number of likely N-dealkylation sites (N-methyl/N-ethyl adjacent to an activating group) is 1. The molecule has 8 heteroatoms. The van der Waals surface area contributed by atoms with E-state index in [2.05, 4.69) is 44.9 Å². The van der Waals surface area contributed by atoms with E-state index in [1.54, 1.807) is 0 Å². The summed E-state index contributed by atoms with van der Waals surface area (Å²) in [4.78, 5) is 14.2. The second-order valence-electron chi connectivity index (χ2n) is 6.16. The number of benzene rings is 1. The van der Waals surface area contributed by atoms with E-state index in [9.17, 15) is 4.79 Å². The van der Waals surface area contributed by atoms with Crippen LogP contribution in [-0.2, 0) is 0 Å². The summed E-state index contributed by atoms with van der Waals surface area (Å²) in [7, 11) is 0. The van der Waals surface area contributed by atoms with Crippen molar-refractivity contribution in [1.82, 2.24) is 30.4 Å². The molecule has 0 spiro atoms. The normalized spacial score (nSPS) is 13.9. The highest BCUT2D eigenvalue weighted by atomic mass is 16.2. The Bertz CT molecular complexity index is 689. The maximum absolute atomic E-state index is 12.0. The van der Waals surface area contributed by atoms with Crippen molar-refractivity contribution in [3.63, 3.8) is 0 Å². The van der Waals surface area contributed by atoms with E-state index in [1.165, 1.54) is 0 Å². The number of amides is 2. The predicted molar refractivity (Wildman–Crippen MR) is 96.3 cm³/mol. The van der Waals surface area contributed by atoms with Crippen LogP contribution in [0.15, 0.2) is 24.3 Å². The number of urea groups is 1. The second kappa shape index (κ2) is 8.06. The molecule has 1 saturated carbocycles. The fraction of sp³-hybridized carbons (Fsp3) is 0.529. The van der Waals surface area contributed by atoms with Crippen LogP contribution in [0.2, 0.25) is 0 Å². The van der Waals surface area contributed by atoms with Crippen LogP contribution in [0.25, 0.3) is 11.4 Å². The van der Waals surface area contributed by atoms with Gasteiger partial charge in [0.25, 0.3) is 0 Å². The summed E-state index contributed by atoms with van der Waals surface area (Å²) < 4.78 is 1.88. The lowest BCUT2D eigenvalue weighted by Gasteiger charge is -2.18. The smallest absolute Gasteiger partial charge is 0.319 e. The van der Waals surface area contributed by atoms with Crippen molar-refractivity contribution in [2.75, 3.05) is 31.5 Å². The molecule has 1 aliphatic rings. The zero-order valence-electron chi connectivity index (χ0n) is 14.8. The van der Waals surface area contributed by atoms with Crippen molar-refractivity contribution in [3.8, 4) is 11.4 Å². The molecule has 2 amide bonds. The van der Waals surface area contributed by atoms with E-state index >= 15 is 0 Å². The summed E-state index contributed by atoms with van der Waals surface area (Å²) in [6, 6.07) is 7.82. The van der Waals surface area contributed by atoms with E-state index in [0.29, 0.717) is 12.6 Å². The van der Waals surface area contributed by atoms with Crippen molar-refractivity contribution < 1.29 is 4.79 Å². The Morgan fingerprint density at radius 1 is 1.24 bits per heavy atom. The molecule has 0 radical (unpaired) electrons. The molecule has 25 heavy (non-hydrogen) atoms. The topological polar surface area (TPSA) is 88.0 Å². The molecule has 2 aromatic rings. The first kappa shape index (κ1) is 17.3. The van der Waals surface area contributed by atoms with Crippen molar-refractivity contribution in [2.24, 2.45) is 0 Å². The van der Waals surface area contributed by atoms with Crippen LogP contribution in [0.5, 0.6) is 0 Å². The second-order valence-corrected chi connectivity index (χ2v) is 6.16. The molecular weight excluding hydrogens is 318 g/mol. The Kier molecular flexibility index (Phi) is 5.60. The van der Waals surface area contributed by atoms with Gasteiger partial charge < -0.3 is 15.5 Å². The lowest BCUT2D eigenvalue weighted by atomic mass is 10.2. The highest BCUT2D eigenvalue weighted by molar-refractivity contribution is 5.89. The van der Waals surface area contributed by atoms with E-state index in [-0.39, 0.29) is 6.03 Å². The van der Waals surface area contributed by atoms with E-state index < -0.39 is 0 Å². The number of hydrogen-bond donors (Lipinski definition) is 2. The van der Waals surface area contributed by atoms with Gasteiger partial charge >= 0.3 is 6.03 Å². The number of aromatic nitrogens is 4. The monoisotopic (exact) mass is 343 g/mol. The number of rotatable bonds is 8. The van der Waals surface area contributed by atoms with Gasteiger partial charge in [0.1, 0.15) is 0 Å². The van der Waals surface area contributed by atoms with Crippen LogP contribution < -0.4 is 10.6 Å². The Morgan fingerprint density at radius 3 is 2.60 bits per heavy atom. The number of tetrazole rings is 1.